The van der Waals surface area contributed by atoms with Crippen LogP contribution in [-0.2, 0) is 4.79 Å². The fourth-order valence-corrected chi connectivity index (χ4v) is 2.75. The molecule has 1 amide bonds. The van der Waals surface area contributed by atoms with Crippen LogP contribution in [0.2, 0.25) is 0 Å². The number of rotatable bonds is 3. The summed E-state index contributed by atoms with van der Waals surface area (Å²) >= 11 is 5.55. The van der Waals surface area contributed by atoms with Crippen molar-refractivity contribution >= 4 is 34.3 Å². The molecule has 118 valence electrons. The van der Waals surface area contributed by atoms with Crippen LogP contribution < -0.4 is 5.32 Å². The van der Waals surface area contributed by atoms with Gasteiger partial charge in [0.1, 0.15) is 11.4 Å². The van der Waals surface area contributed by atoms with Gasteiger partial charge in [0, 0.05) is 11.3 Å². The van der Waals surface area contributed by atoms with Crippen molar-refractivity contribution in [3.05, 3.63) is 47.0 Å². The van der Waals surface area contributed by atoms with Crippen molar-refractivity contribution < 1.29 is 9.21 Å². The minimum atomic E-state index is -0.240. The lowest BCUT2D eigenvalue weighted by atomic mass is 10.1. The number of benzene rings is 2. The van der Waals surface area contributed by atoms with Gasteiger partial charge in [0.15, 0.2) is 5.58 Å². The van der Waals surface area contributed by atoms with Gasteiger partial charge in [-0.15, -0.1) is 11.6 Å². The summed E-state index contributed by atoms with van der Waals surface area (Å²) in [7, 11) is 0. The van der Waals surface area contributed by atoms with Gasteiger partial charge in [-0.2, -0.15) is 0 Å². The highest BCUT2D eigenvalue weighted by Gasteiger charge is 2.15. The van der Waals surface area contributed by atoms with Crippen molar-refractivity contribution in [3.8, 4) is 11.5 Å². The van der Waals surface area contributed by atoms with E-state index in [1.54, 1.807) is 0 Å². The first kappa shape index (κ1) is 15.6. The van der Waals surface area contributed by atoms with Crippen LogP contribution >= 0.6 is 11.6 Å². The molecular formula is C18H17ClN2O2. The molecule has 0 radical (unpaired) electrons. The quantitative estimate of drug-likeness (QED) is 0.715. The average Bonchev–Trinajstić information content (AvgIpc) is 2.93. The molecule has 1 heterocycles. The summed E-state index contributed by atoms with van der Waals surface area (Å²) in [5.41, 5.74) is 6.30. The fourth-order valence-electron chi connectivity index (χ4n) is 2.68. The van der Waals surface area contributed by atoms with E-state index >= 15 is 0 Å². The van der Waals surface area contributed by atoms with E-state index in [0.29, 0.717) is 11.6 Å². The Morgan fingerprint density at radius 3 is 2.78 bits per heavy atom. The highest BCUT2D eigenvalue weighted by Crippen LogP contribution is 2.32. The Morgan fingerprint density at radius 1 is 1.26 bits per heavy atom. The highest BCUT2D eigenvalue weighted by molar-refractivity contribution is 6.29. The molecule has 23 heavy (non-hydrogen) atoms. The van der Waals surface area contributed by atoms with Crippen LogP contribution in [0.15, 0.2) is 34.7 Å². The fraction of sp³-hybridized carbons (Fsp3) is 0.222. The molecule has 0 aliphatic carbocycles. The number of fused-ring (bicyclic) bond motifs is 1. The summed E-state index contributed by atoms with van der Waals surface area (Å²) in [5.74, 6) is 0.231. The average molecular weight is 329 g/mol. The Morgan fingerprint density at radius 2 is 2.04 bits per heavy atom. The monoisotopic (exact) mass is 328 g/mol. The maximum absolute atomic E-state index is 11.5. The number of nitrogens with one attached hydrogen (secondary N) is 1. The third-order valence-electron chi connectivity index (χ3n) is 3.78. The molecule has 0 unspecified atom stereocenters. The molecule has 1 aromatic heterocycles. The Balaban J connectivity index is 2.10. The normalized spacial score (nSPS) is 11.0. The molecule has 1 N–H and O–H groups in total. The van der Waals surface area contributed by atoms with Crippen LogP contribution in [0.5, 0.6) is 0 Å². The molecule has 0 saturated carbocycles. The van der Waals surface area contributed by atoms with E-state index in [-0.39, 0.29) is 11.8 Å². The number of anilines is 1. The van der Waals surface area contributed by atoms with E-state index < -0.39 is 0 Å². The maximum atomic E-state index is 11.5. The van der Waals surface area contributed by atoms with E-state index in [2.05, 4.69) is 16.4 Å². The van der Waals surface area contributed by atoms with E-state index in [9.17, 15) is 4.79 Å². The molecule has 3 rings (SSSR count). The van der Waals surface area contributed by atoms with Gasteiger partial charge in [0.05, 0.1) is 0 Å². The molecule has 3 aromatic rings. The van der Waals surface area contributed by atoms with Crippen molar-refractivity contribution in [1.29, 1.82) is 0 Å². The Labute approximate surface area is 139 Å². The van der Waals surface area contributed by atoms with Gasteiger partial charge in [0.2, 0.25) is 11.8 Å². The van der Waals surface area contributed by atoms with Gasteiger partial charge < -0.3 is 9.73 Å². The minimum Gasteiger partial charge on any atom is -0.436 e. The number of aromatic nitrogens is 1. The first-order chi connectivity index (χ1) is 11.0. The number of carbonyl (C=O) groups is 1. The lowest BCUT2D eigenvalue weighted by Gasteiger charge is -2.09. The van der Waals surface area contributed by atoms with E-state index in [1.165, 1.54) is 0 Å². The standard InChI is InChI=1S/C18H17ClN2O2/c1-10-7-11(2)17-15(8-10)21-18(23-17)13-5-4-6-14(12(13)3)20-16(22)9-19/h4-8H,9H2,1-3H3,(H,20,22). The van der Waals surface area contributed by atoms with Crippen LogP contribution in [0, 0.1) is 20.8 Å². The first-order valence-corrected chi connectivity index (χ1v) is 7.86. The summed E-state index contributed by atoms with van der Waals surface area (Å²) in [6, 6.07) is 9.70. The number of oxazole rings is 1. The number of aryl methyl sites for hydroxylation is 2. The predicted molar refractivity (Wildman–Crippen MR) is 93.0 cm³/mol. The zero-order valence-electron chi connectivity index (χ0n) is 13.2. The lowest BCUT2D eigenvalue weighted by molar-refractivity contribution is -0.113. The molecule has 2 aromatic carbocycles. The van der Waals surface area contributed by atoms with Crippen molar-refractivity contribution in [3.63, 3.8) is 0 Å². The van der Waals surface area contributed by atoms with E-state index in [1.807, 2.05) is 45.0 Å². The molecule has 4 nitrogen and oxygen atoms in total. The molecule has 0 spiro atoms. The van der Waals surface area contributed by atoms with Gasteiger partial charge in [-0.05, 0) is 55.7 Å². The van der Waals surface area contributed by atoms with E-state index in [0.717, 1.165) is 33.4 Å². The third-order valence-corrected chi connectivity index (χ3v) is 4.02. The van der Waals surface area contributed by atoms with E-state index in [4.69, 9.17) is 16.0 Å². The second-order valence-corrected chi connectivity index (χ2v) is 5.88. The lowest BCUT2D eigenvalue weighted by Crippen LogP contribution is -2.13. The molecule has 0 atom stereocenters. The zero-order valence-corrected chi connectivity index (χ0v) is 14.0. The Bertz CT molecular complexity index is 899. The Hall–Kier alpha value is -2.33. The van der Waals surface area contributed by atoms with Crippen molar-refractivity contribution in [2.75, 3.05) is 11.2 Å². The van der Waals surface area contributed by atoms with Gasteiger partial charge in [-0.3, -0.25) is 4.79 Å². The van der Waals surface area contributed by atoms with Crippen LogP contribution in [0.4, 0.5) is 5.69 Å². The molecule has 5 heteroatoms. The molecular weight excluding hydrogens is 312 g/mol. The van der Waals surface area contributed by atoms with Gasteiger partial charge >= 0.3 is 0 Å². The summed E-state index contributed by atoms with van der Waals surface area (Å²) in [4.78, 5) is 16.1. The summed E-state index contributed by atoms with van der Waals surface area (Å²) in [5, 5.41) is 2.78. The van der Waals surface area contributed by atoms with Crippen LogP contribution in [0.1, 0.15) is 16.7 Å². The third kappa shape index (κ3) is 2.94. The Kier molecular flexibility index (Phi) is 4.09. The second kappa shape index (κ2) is 6.05. The zero-order chi connectivity index (χ0) is 16.6. The minimum absolute atomic E-state index is 0.0783. The number of halogens is 1. The van der Waals surface area contributed by atoms with Crippen molar-refractivity contribution in [2.45, 2.75) is 20.8 Å². The topological polar surface area (TPSA) is 55.1 Å². The van der Waals surface area contributed by atoms with Gasteiger partial charge in [0.25, 0.3) is 0 Å². The number of nitrogens with zero attached hydrogens (tertiary/aromatic N) is 1. The van der Waals surface area contributed by atoms with Crippen LogP contribution in [0.25, 0.3) is 22.6 Å². The van der Waals surface area contributed by atoms with Crippen LogP contribution in [-0.4, -0.2) is 16.8 Å². The number of alkyl halides is 1. The molecule has 0 saturated heterocycles. The number of carbonyl (C=O) groups excluding carboxylic acids is 1. The maximum Gasteiger partial charge on any atom is 0.239 e. The largest absolute Gasteiger partial charge is 0.436 e. The van der Waals surface area contributed by atoms with Crippen molar-refractivity contribution in [1.82, 2.24) is 4.98 Å². The highest BCUT2D eigenvalue weighted by atomic mass is 35.5. The summed E-state index contributed by atoms with van der Waals surface area (Å²) < 4.78 is 5.96. The number of hydrogen-bond acceptors (Lipinski definition) is 3. The van der Waals surface area contributed by atoms with Gasteiger partial charge in [-0.25, -0.2) is 4.98 Å². The molecule has 0 aliphatic rings. The predicted octanol–water partition coefficient (Wildman–Crippen LogP) is 4.60. The van der Waals surface area contributed by atoms with Gasteiger partial charge in [-0.1, -0.05) is 12.1 Å². The van der Waals surface area contributed by atoms with Crippen LogP contribution in [0.3, 0.4) is 0 Å². The smallest absolute Gasteiger partial charge is 0.239 e. The SMILES string of the molecule is Cc1cc(C)c2oc(-c3cccc(NC(=O)CCl)c3C)nc2c1. The molecule has 0 bridgehead atoms. The first-order valence-electron chi connectivity index (χ1n) is 7.33. The number of hydrogen-bond donors (Lipinski definition) is 1. The number of amides is 1. The van der Waals surface area contributed by atoms with Crippen molar-refractivity contribution in [2.24, 2.45) is 0 Å². The summed E-state index contributed by atoms with van der Waals surface area (Å²) in [6.45, 7) is 5.97. The molecule has 0 aliphatic heterocycles. The second-order valence-electron chi connectivity index (χ2n) is 5.61. The summed E-state index contributed by atoms with van der Waals surface area (Å²) in [6.07, 6.45) is 0. The molecule has 0 fully saturated rings.